The second-order valence-corrected chi connectivity index (χ2v) is 2.40. The summed E-state index contributed by atoms with van der Waals surface area (Å²) in [4.78, 5) is 0. The normalized spacial score (nSPS) is 8.17. The molecule has 2 N–H and O–H groups in total. The first-order valence-electron chi connectivity index (χ1n) is 3.48. The van der Waals surface area contributed by atoms with Crippen LogP contribution in [0.3, 0.4) is 0 Å². The second-order valence-electron chi connectivity index (χ2n) is 2.40. The van der Waals surface area contributed by atoms with Crippen molar-refractivity contribution in [3.8, 4) is 0 Å². The number of pyridine rings is 1. The van der Waals surface area contributed by atoms with Gasteiger partial charge in [0, 0.05) is 12.1 Å². The zero-order valence-corrected chi connectivity index (χ0v) is 8.61. The lowest BCUT2D eigenvalue weighted by molar-refractivity contribution is -0.694. The lowest BCUT2D eigenvalue weighted by Gasteiger charge is -1.92. The third-order valence-corrected chi connectivity index (χ3v) is 1.45. The maximum Gasteiger partial charge on any atom is 0.169 e. The van der Waals surface area contributed by atoms with Crippen molar-refractivity contribution in [2.24, 2.45) is 5.73 Å². The number of aryl methyl sites for hydroxylation is 1. The number of nitrogens with zero attached hydrogens (tertiary/aromatic N) is 1. The maximum absolute atomic E-state index is 5.38. The van der Waals surface area contributed by atoms with Gasteiger partial charge in [0.1, 0.15) is 0 Å². The molecule has 1 aromatic rings. The van der Waals surface area contributed by atoms with Crippen LogP contribution in [0.15, 0.2) is 24.5 Å². The van der Waals surface area contributed by atoms with Gasteiger partial charge in [0.15, 0.2) is 18.9 Å². The van der Waals surface area contributed by atoms with Gasteiger partial charge in [-0.15, -0.1) is 12.4 Å². The smallest absolute Gasteiger partial charge is 0.169 e. The maximum atomic E-state index is 5.38. The highest BCUT2D eigenvalue weighted by Gasteiger charge is 1.94. The number of aromatic nitrogens is 1. The molecule has 0 amide bonds. The summed E-state index contributed by atoms with van der Waals surface area (Å²) >= 11 is 0. The van der Waals surface area contributed by atoms with Crippen molar-refractivity contribution in [2.45, 2.75) is 13.5 Å². The van der Waals surface area contributed by atoms with Crippen molar-refractivity contribution in [3.05, 3.63) is 30.1 Å². The highest BCUT2D eigenvalue weighted by atomic mass is 35.5. The van der Waals surface area contributed by atoms with Crippen molar-refractivity contribution in [2.75, 3.05) is 6.54 Å². The Kier molecular flexibility index (Phi) is 8.71. The molecular weight excluding hydrogens is 195 g/mol. The van der Waals surface area contributed by atoms with Crippen LogP contribution in [0.4, 0.5) is 0 Å². The topological polar surface area (TPSA) is 29.9 Å². The zero-order chi connectivity index (χ0) is 7.40. The number of nitrogens with two attached hydrogens (primary N) is 1. The second kappa shape index (κ2) is 7.35. The van der Waals surface area contributed by atoms with Gasteiger partial charge < -0.3 is 18.1 Å². The molecule has 0 saturated carbocycles. The van der Waals surface area contributed by atoms with Crippen LogP contribution in [0.25, 0.3) is 0 Å². The lowest BCUT2D eigenvalue weighted by atomic mass is 10.3. The Morgan fingerprint density at radius 1 is 1.33 bits per heavy atom. The van der Waals surface area contributed by atoms with Gasteiger partial charge in [0.05, 0.1) is 6.54 Å². The first kappa shape index (κ1) is 14.2. The molecule has 0 atom stereocenters. The Balaban J connectivity index is 0. The van der Waals surface area contributed by atoms with E-state index in [9.17, 15) is 0 Å². The molecule has 70 valence electrons. The predicted octanol–water partition coefficient (Wildman–Crippen LogP) is -2.33. The van der Waals surface area contributed by atoms with Crippen LogP contribution in [0.2, 0.25) is 0 Å². The summed E-state index contributed by atoms with van der Waals surface area (Å²) < 4.78 is 2.08. The fourth-order valence-corrected chi connectivity index (χ4v) is 0.830. The predicted molar refractivity (Wildman–Crippen MR) is 47.7 cm³/mol. The lowest BCUT2D eigenvalue weighted by Crippen LogP contribution is -3.00. The standard InChI is InChI=1S/C8H13N2.2ClH/c1-8-2-5-10(6-3-8)7-4-9;;/h2-3,5-6H,4,7,9H2,1H3;2*1H/q+1;;/p-1. The van der Waals surface area contributed by atoms with Crippen LogP contribution in [-0.4, -0.2) is 6.54 Å². The van der Waals surface area contributed by atoms with Gasteiger partial charge in [-0.1, -0.05) is 0 Å². The van der Waals surface area contributed by atoms with E-state index >= 15 is 0 Å². The van der Waals surface area contributed by atoms with Gasteiger partial charge in [0.25, 0.3) is 0 Å². The molecule has 0 fully saturated rings. The Hall–Kier alpha value is -0.310. The molecule has 1 heterocycles. The highest BCUT2D eigenvalue weighted by Crippen LogP contribution is 1.88. The molecule has 0 bridgehead atoms. The summed E-state index contributed by atoms with van der Waals surface area (Å²) in [6.07, 6.45) is 4.09. The molecule has 0 radical (unpaired) electrons. The Bertz CT molecular complexity index is 199. The molecular formula is C8H14Cl2N2. The average Bonchev–Trinajstić information content (AvgIpc) is 1.95. The van der Waals surface area contributed by atoms with Gasteiger partial charge >= 0.3 is 0 Å². The minimum atomic E-state index is 0. The van der Waals surface area contributed by atoms with Crippen LogP contribution < -0.4 is 22.7 Å². The molecule has 12 heavy (non-hydrogen) atoms. The Labute approximate surface area is 85.6 Å². The van der Waals surface area contributed by atoms with E-state index in [1.807, 2.05) is 12.4 Å². The van der Waals surface area contributed by atoms with E-state index < -0.39 is 0 Å². The van der Waals surface area contributed by atoms with Gasteiger partial charge in [-0.05, 0) is 12.5 Å². The number of hydrogen-bond donors (Lipinski definition) is 1. The summed E-state index contributed by atoms with van der Waals surface area (Å²) in [5, 5.41) is 0. The molecule has 0 aliphatic carbocycles. The molecule has 0 aliphatic rings. The fourth-order valence-electron chi connectivity index (χ4n) is 0.830. The van der Waals surface area contributed by atoms with Crippen molar-refractivity contribution < 1.29 is 17.0 Å². The quantitative estimate of drug-likeness (QED) is 0.544. The highest BCUT2D eigenvalue weighted by molar-refractivity contribution is 5.85. The monoisotopic (exact) mass is 208 g/mol. The minimum absolute atomic E-state index is 0. The number of rotatable bonds is 2. The van der Waals surface area contributed by atoms with Gasteiger partial charge in [-0.25, -0.2) is 4.57 Å². The van der Waals surface area contributed by atoms with Crippen molar-refractivity contribution in [1.29, 1.82) is 0 Å². The molecule has 1 rings (SSSR count). The van der Waals surface area contributed by atoms with E-state index in [2.05, 4.69) is 23.6 Å². The van der Waals surface area contributed by atoms with E-state index in [1.165, 1.54) is 5.56 Å². The first-order valence-corrected chi connectivity index (χ1v) is 3.48. The van der Waals surface area contributed by atoms with E-state index in [-0.39, 0.29) is 24.8 Å². The molecule has 0 saturated heterocycles. The van der Waals surface area contributed by atoms with E-state index in [0.717, 1.165) is 6.54 Å². The minimum Gasteiger partial charge on any atom is -1.00 e. The summed E-state index contributed by atoms with van der Waals surface area (Å²) in [7, 11) is 0. The number of halogens is 2. The molecule has 0 spiro atoms. The third-order valence-electron chi connectivity index (χ3n) is 1.45. The van der Waals surface area contributed by atoms with E-state index in [4.69, 9.17) is 5.73 Å². The zero-order valence-electron chi connectivity index (χ0n) is 7.03. The van der Waals surface area contributed by atoms with Gasteiger partial charge in [-0.3, -0.25) is 0 Å². The summed E-state index contributed by atoms with van der Waals surface area (Å²) in [6, 6.07) is 4.16. The molecule has 0 aliphatic heterocycles. The molecule has 2 nitrogen and oxygen atoms in total. The molecule has 1 aromatic heterocycles. The van der Waals surface area contributed by atoms with Gasteiger partial charge in [0.2, 0.25) is 0 Å². The van der Waals surface area contributed by atoms with Crippen LogP contribution in [0, 0.1) is 6.92 Å². The van der Waals surface area contributed by atoms with Crippen LogP contribution in [0.5, 0.6) is 0 Å². The van der Waals surface area contributed by atoms with E-state index in [0.29, 0.717) is 6.54 Å². The molecule has 4 heteroatoms. The third kappa shape index (κ3) is 4.54. The van der Waals surface area contributed by atoms with Gasteiger partial charge in [-0.2, -0.15) is 0 Å². The SMILES string of the molecule is Cc1cc[n+](CCN)cc1.Cl.[Cl-]. The van der Waals surface area contributed by atoms with E-state index in [1.54, 1.807) is 0 Å². The average molecular weight is 209 g/mol. The summed E-state index contributed by atoms with van der Waals surface area (Å²) in [6.45, 7) is 3.68. The Morgan fingerprint density at radius 3 is 2.25 bits per heavy atom. The number of hydrogen-bond acceptors (Lipinski definition) is 1. The first-order chi connectivity index (χ1) is 4.83. The molecule has 0 unspecified atom stereocenters. The summed E-state index contributed by atoms with van der Waals surface area (Å²) in [5.41, 5.74) is 6.66. The Morgan fingerprint density at radius 2 is 1.83 bits per heavy atom. The largest absolute Gasteiger partial charge is 1.00 e. The van der Waals surface area contributed by atoms with Crippen molar-refractivity contribution in [3.63, 3.8) is 0 Å². The van der Waals surface area contributed by atoms with Crippen LogP contribution in [0.1, 0.15) is 5.56 Å². The van der Waals surface area contributed by atoms with Crippen molar-refractivity contribution in [1.82, 2.24) is 0 Å². The van der Waals surface area contributed by atoms with Crippen LogP contribution >= 0.6 is 12.4 Å². The van der Waals surface area contributed by atoms with Crippen LogP contribution in [-0.2, 0) is 6.54 Å². The fraction of sp³-hybridized carbons (Fsp3) is 0.375. The summed E-state index contributed by atoms with van der Waals surface area (Å²) in [5.74, 6) is 0. The van der Waals surface area contributed by atoms with Crippen molar-refractivity contribution >= 4 is 12.4 Å². The molecule has 0 aromatic carbocycles.